The molecule has 0 spiro atoms. The zero-order chi connectivity index (χ0) is 17.9. The van der Waals surface area contributed by atoms with Gasteiger partial charge in [0.05, 0.1) is 18.2 Å². The molecule has 1 N–H and O–H groups in total. The number of ketones is 1. The van der Waals surface area contributed by atoms with Crippen LogP contribution < -0.4 is 5.56 Å². The van der Waals surface area contributed by atoms with Crippen molar-refractivity contribution in [2.24, 2.45) is 0 Å². The highest BCUT2D eigenvalue weighted by atomic mass is 19.1. The number of halogens is 1. The van der Waals surface area contributed by atoms with E-state index in [0.29, 0.717) is 0 Å². The number of phenols is 1. The Balaban J connectivity index is 2.60. The number of ether oxygens (including phenoxy) is 1. The number of benzene rings is 1. The van der Waals surface area contributed by atoms with Gasteiger partial charge in [-0.1, -0.05) is 0 Å². The zero-order valence-electron chi connectivity index (χ0n) is 13.1. The molecule has 1 aromatic heterocycles. The van der Waals surface area contributed by atoms with Crippen molar-refractivity contribution in [3.05, 3.63) is 63.3 Å². The molecule has 1 atom stereocenters. The summed E-state index contributed by atoms with van der Waals surface area (Å²) in [6, 6.07) is 5.45. The number of pyridine rings is 1. The molecule has 124 valence electrons. The fraction of sp³-hybridized carbons (Fsp3) is 0.235. The Morgan fingerprint density at radius 1 is 1.46 bits per heavy atom. The van der Waals surface area contributed by atoms with Crippen LogP contribution in [0.1, 0.15) is 34.5 Å². The first-order valence-corrected chi connectivity index (χ1v) is 7.07. The van der Waals surface area contributed by atoms with Crippen LogP contribution in [0.4, 0.5) is 4.39 Å². The van der Waals surface area contributed by atoms with E-state index in [1.807, 2.05) is 0 Å². The summed E-state index contributed by atoms with van der Waals surface area (Å²) in [6.45, 7) is 1.90. The summed E-state index contributed by atoms with van der Waals surface area (Å²) in [5, 5.41) is 18.9. The summed E-state index contributed by atoms with van der Waals surface area (Å²) in [7, 11) is 1.46. The van der Waals surface area contributed by atoms with Gasteiger partial charge in [0, 0.05) is 18.9 Å². The third-order valence-corrected chi connectivity index (χ3v) is 3.51. The highest BCUT2D eigenvalue weighted by molar-refractivity contribution is 6.10. The molecule has 2 rings (SSSR count). The van der Waals surface area contributed by atoms with Crippen LogP contribution in [-0.4, -0.2) is 29.2 Å². The number of aromatic hydroxyl groups is 1. The number of hydrogen-bond acceptors (Lipinski definition) is 5. The second-order valence-electron chi connectivity index (χ2n) is 5.26. The topological polar surface area (TPSA) is 92.3 Å². The van der Waals surface area contributed by atoms with Gasteiger partial charge >= 0.3 is 0 Å². The van der Waals surface area contributed by atoms with Crippen molar-refractivity contribution in [2.75, 3.05) is 13.7 Å². The predicted molar refractivity (Wildman–Crippen MR) is 83.5 cm³/mol. The predicted octanol–water partition coefficient (Wildman–Crippen LogP) is 2.00. The third-order valence-electron chi connectivity index (χ3n) is 3.51. The molecule has 0 bridgehead atoms. The highest BCUT2D eigenvalue weighted by Crippen LogP contribution is 2.22. The Morgan fingerprint density at radius 2 is 2.17 bits per heavy atom. The molecule has 6 nitrogen and oxygen atoms in total. The van der Waals surface area contributed by atoms with Crippen LogP contribution >= 0.6 is 0 Å². The van der Waals surface area contributed by atoms with Crippen molar-refractivity contribution in [1.82, 2.24) is 4.57 Å². The van der Waals surface area contributed by atoms with E-state index in [9.17, 15) is 19.1 Å². The smallest absolute Gasteiger partial charge is 0.268 e. The molecule has 0 saturated carbocycles. The van der Waals surface area contributed by atoms with Gasteiger partial charge in [0.25, 0.3) is 5.56 Å². The lowest BCUT2D eigenvalue weighted by atomic mass is 10.0. The van der Waals surface area contributed by atoms with E-state index in [4.69, 9.17) is 10.00 Å². The van der Waals surface area contributed by atoms with Crippen LogP contribution in [0.5, 0.6) is 5.75 Å². The van der Waals surface area contributed by atoms with Crippen LogP contribution in [0.2, 0.25) is 0 Å². The third kappa shape index (κ3) is 3.34. The molecule has 0 aliphatic carbocycles. The van der Waals surface area contributed by atoms with Gasteiger partial charge in [-0.2, -0.15) is 5.26 Å². The summed E-state index contributed by atoms with van der Waals surface area (Å²) in [4.78, 5) is 24.8. The SMILES string of the molecule is COCC(C)n1cc(C(=O)c2cc(F)ccc2O)cc(C#N)c1=O. The summed E-state index contributed by atoms with van der Waals surface area (Å²) in [5.41, 5.74) is -1.03. The molecule has 0 fully saturated rings. The van der Waals surface area contributed by atoms with Crippen molar-refractivity contribution in [1.29, 1.82) is 5.26 Å². The normalized spacial score (nSPS) is 11.8. The van der Waals surface area contributed by atoms with Crippen molar-refractivity contribution in [3.8, 4) is 11.8 Å². The number of nitrogens with zero attached hydrogens (tertiary/aromatic N) is 2. The van der Waals surface area contributed by atoms with E-state index in [-0.39, 0.29) is 29.0 Å². The van der Waals surface area contributed by atoms with Crippen molar-refractivity contribution < 1.29 is 19.0 Å². The Morgan fingerprint density at radius 3 is 2.79 bits per heavy atom. The van der Waals surface area contributed by atoms with Gasteiger partial charge in [0.1, 0.15) is 23.2 Å². The van der Waals surface area contributed by atoms with Gasteiger partial charge in [-0.25, -0.2) is 4.39 Å². The lowest BCUT2D eigenvalue weighted by Crippen LogP contribution is -2.28. The first-order chi connectivity index (χ1) is 11.4. The van der Waals surface area contributed by atoms with Crippen LogP contribution in [0, 0.1) is 17.1 Å². The molecule has 0 radical (unpaired) electrons. The summed E-state index contributed by atoms with van der Waals surface area (Å²) in [5.74, 6) is -1.76. The van der Waals surface area contributed by atoms with Gasteiger partial charge in [-0.3, -0.25) is 9.59 Å². The molecule has 0 amide bonds. The molecule has 0 aliphatic heterocycles. The van der Waals surface area contributed by atoms with Crippen molar-refractivity contribution in [3.63, 3.8) is 0 Å². The molecule has 1 unspecified atom stereocenters. The summed E-state index contributed by atoms with van der Waals surface area (Å²) in [6.07, 6.45) is 1.28. The Bertz CT molecular complexity index is 883. The Labute approximate surface area is 137 Å². The van der Waals surface area contributed by atoms with Crippen molar-refractivity contribution >= 4 is 5.78 Å². The van der Waals surface area contributed by atoms with E-state index in [0.717, 1.165) is 24.3 Å². The first-order valence-electron chi connectivity index (χ1n) is 7.07. The molecule has 7 heteroatoms. The summed E-state index contributed by atoms with van der Waals surface area (Å²) < 4.78 is 19.6. The van der Waals surface area contributed by atoms with E-state index in [1.54, 1.807) is 13.0 Å². The maximum atomic E-state index is 13.4. The average molecular weight is 330 g/mol. The first kappa shape index (κ1) is 17.4. The number of aromatic nitrogens is 1. The van der Waals surface area contributed by atoms with Gasteiger partial charge < -0.3 is 14.4 Å². The highest BCUT2D eigenvalue weighted by Gasteiger charge is 2.19. The van der Waals surface area contributed by atoms with Crippen molar-refractivity contribution in [2.45, 2.75) is 13.0 Å². The maximum absolute atomic E-state index is 13.4. The molecular weight excluding hydrogens is 315 g/mol. The Kier molecular flexibility index (Phi) is 5.11. The van der Waals surface area contributed by atoms with Gasteiger partial charge in [-0.15, -0.1) is 0 Å². The van der Waals surface area contributed by atoms with E-state index in [2.05, 4.69) is 0 Å². The zero-order valence-corrected chi connectivity index (χ0v) is 13.1. The quantitative estimate of drug-likeness (QED) is 0.847. The molecule has 0 saturated heterocycles. The van der Waals surface area contributed by atoms with Crippen LogP contribution in [-0.2, 0) is 4.74 Å². The fourth-order valence-electron chi connectivity index (χ4n) is 2.30. The standard InChI is InChI=1S/C17H15FN2O4/c1-10(9-24-2)20-8-12(5-11(7-19)17(20)23)16(22)14-6-13(18)3-4-15(14)21/h3-6,8,10,21H,9H2,1-2H3. The lowest BCUT2D eigenvalue weighted by Gasteiger charge is -2.16. The van der Waals surface area contributed by atoms with Gasteiger partial charge in [0.15, 0.2) is 5.78 Å². The van der Waals surface area contributed by atoms with Crippen LogP contribution in [0.15, 0.2) is 35.3 Å². The number of methoxy groups -OCH3 is 1. The molecule has 1 heterocycles. The Hall–Kier alpha value is -2.98. The van der Waals surface area contributed by atoms with Crippen LogP contribution in [0.3, 0.4) is 0 Å². The monoisotopic (exact) mass is 330 g/mol. The number of rotatable bonds is 5. The number of carbonyl (C=O) groups is 1. The minimum Gasteiger partial charge on any atom is -0.507 e. The van der Waals surface area contributed by atoms with E-state index >= 15 is 0 Å². The summed E-state index contributed by atoms with van der Waals surface area (Å²) >= 11 is 0. The molecule has 2 aromatic rings. The molecular formula is C17H15FN2O4. The van der Waals surface area contributed by atoms with E-state index < -0.39 is 23.2 Å². The second kappa shape index (κ2) is 7.06. The number of phenolic OH excluding ortho intramolecular Hbond substituents is 1. The lowest BCUT2D eigenvalue weighted by molar-refractivity contribution is 0.103. The number of nitriles is 1. The largest absolute Gasteiger partial charge is 0.507 e. The second-order valence-corrected chi connectivity index (χ2v) is 5.26. The maximum Gasteiger partial charge on any atom is 0.268 e. The van der Waals surface area contributed by atoms with Gasteiger partial charge in [0.2, 0.25) is 0 Å². The minimum absolute atomic E-state index is 0.00463. The number of carbonyl (C=O) groups excluding carboxylic acids is 1. The molecule has 24 heavy (non-hydrogen) atoms. The van der Waals surface area contributed by atoms with E-state index in [1.165, 1.54) is 17.9 Å². The molecule has 1 aromatic carbocycles. The number of hydrogen-bond donors (Lipinski definition) is 1. The average Bonchev–Trinajstić information content (AvgIpc) is 2.56. The fourth-order valence-corrected chi connectivity index (χ4v) is 2.30. The molecule has 0 aliphatic rings. The minimum atomic E-state index is -0.693. The van der Waals surface area contributed by atoms with Gasteiger partial charge in [-0.05, 0) is 31.2 Å². The van der Waals surface area contributed by atoms with Crippen LogP contribution in [0.25, 0.3) is 0 Å².